The second-order valence-electron chi connectivity index (χ2n) is 7.73. The van der Waals surface area contributed by atoms with Crippen LogP contribution >= 0.6 is 0 Å². The number of carbonyl (C=O) groups is 1. The Morgan fingerprint density at radius 2 is 2.05 bits per heavy atom. The zero-order valence-corrected chi connectivity index (χ0v) is 12.9. The van der Waals surface area contributed by atoms with Crippen LogP contribution < -0.4 is 11.1 Å². The number of amides is 1. The molecule has 3 N–H and O–H groups in total. The number of carbonyl (C=O) groups excluding carboxylic acids is 1. The molecule has 1 amide bonds. The van der Waals surface area contributed by atoms with E-state index < -0.39 is 0 Å². The SMILES string of the molecule is CC1(C)C2CCC1(C)C(NC(=O)C1CCC(CN)O1)C2. The number of ether oxygens (including phenoxy) is 1. The Bertz CT molecular complexity index is 409. The molecule has 3 fully saturated rings. The number of hydrogen-bond acceptors (Lipinski definition) is 3. The lowest BCUT2D eigenvalue weighted by Gasteiger charge is -2.39. The van der Waals surface area contributed by atoms with Gasteiger partial charge >= 0.3 is 0 Å². The molecule has 3 aliphatic rings. The minimum atomic E-state index is -0.283. The summed E-state index contributed by atoms with van der Waals surface area (Å²) in [5.41, 5.74) is 6.18. The number of nitrogens with one attached hydrogen (secondary N) is 1. The number of rotatable bonds is 3. The summed E-state index contributed by atoms with van der Waals surface area (Å²) in [6, 6.07) is 0.310. The van der Waals surface area contributed by atoms with E-state index in [0.29, 0.717) is 18.0 Å². The average molecular weight is 280 g/mol. The van der Waals surface area contributed by atoms with Gasteiger partial charge in [0.2, 0.25) is 5.91 Å². The molecule has 0 radical (unpaired) electrons. The molecule has 0 aromatic heterocycles. The van der Waals surface area contributed by atoms with Crippen LogP contribution in [0, 0.1) is 16.7 Å². The third-order valence-corrected chi connectivity index (χ3v) is 6.77. The van der Waals surface area contributed by atoms with E-state index in [1.165, 1.54) is 12.8 Å². The molecule has 3 rings (SSSR count). The Hall–Kier alpha value is -0.610. The molecule has 5 unspecified atom stereocenters. The first-order valence-corrected chi connectivity index (χ1v) is 8.04. The molecule has 2 aliphatic carbocycles. The summed E-state index contributed by atoms with van der Waals surface area (Å²) in [5.74, 6) is 0.828. The normalized spacial score (nSPS) is 45.8. The van der Waals surface area contributed by atoms with Gasteiger partial charge in [-0.15, -0.1) is 0 Å². The third kappa shape index (κ3) is 1.92. The summed E-state index contributed by atoms with van der Waals surface area (Å²) in [6.07, 6.45) is 5.17. The Balaban J connectivity index is 1.64. The molecular formula is C16H28N2O2. The molecular weight excluding hydrogens is 252 g/mol. The molecule has 1 heterocycles. The molecule has 1 saturated heterocycles. The first-order chi connectivity index (χ1) is 9.38. The average Bonchev–Trinajstić information content (AvgIpc) is 3.01. The Labute approximate surface area is 121 Å². The monoisotopic (exact) mass is 280 g/mol. The molecule has 114 valence electrons. The van der Waals surface area contributed by atoms with Crippen molar-refractivity contribution in [3.05, 3.63) is 0 Å². The van der Waals surface area contributed by atoms with Crippen molar-refractivity contribution in [2.45, 2.75) is 71.1 Å². The summed E-state index contributed by atoms with van der Waals surface area (Å²) >= 11 is 0. The summed E-state index contributed by atoms with van der Waals surface area (Å²) in [4.78, 5) is 12.4. The fourth-order valence-electron chi connectivity index (χ4n) is 4.76. The highest BCUT2D eigenvalue weighted by atomic mass is 16.5. The van der Waals surface area contributed by atoms with E-state index in [-0.39, 0.29) is 23.5 Å². The van der Waals surface area contributed by atoms with Crippen LogP contribution in [0.5, 0.6) is 0 Å². The maximum absolute atomic E-state index is 12.4. The summed E-state index contributed by atoms with van der Waals surface area (Å²) < 4.78 is 5.71. The van der Waals surface area contributed by atoms with Crippen LogP contribution in [0.25, 0.3) is 0 Å². The first kappa shape index (κ1) is 14.3. The Morgan fingerprint density at radius 3 is 2.55 bits per heavy atom. The number of hydrogen-bond donors (Lipinski definition) is 2. The van der Waals surface area contributed by atoms with Crippen molar-refractivity contribution in [3.8, 4) is 0 Å². The van der Waals surface area contributed by atoms with E-state index in [1.807, 2.05) is 0 Å². The Morgan fingerprint density at radius 1 is 1.30 bits per heavy atom. The van der Waals surface area contributed by atoms with Crippen LogP contribution in [0.3, 0.4) is 0 Å². The van der Waals surface area contributed by atoms with Gasteiger partial charge in [-0.25, -0.2) is 0 Å². The topological polar surface area (TPSA) is 64.4 Å². The molecule has 4 heteroatoms. The van der Waals surface area contributed by atoms with Crippen LogP contribution in [-0.2, 0) is 9.53 Å². The van der Waals surface area contributed by atoms with Gasteiger partial charge in [0.15, 0.2) is 0 Å². The second kappa shape index (κ2) is 4.70. The van der Waals surface area contributed by atoms with Gasteiger partial charge in [0, 0.05) is 12.6 Å². The third-order valence-electron chi connectivity index (χ3n) is 6.77. The van der Waals surface area contributed by atoms with E-state index in [4.69, 9.17) is 10.5 Å². The molecule has 5 atom stereocenters. The van der Waals surface area contributed by atoms with Crippen molar-refractivity contribution < 1.29 is 9.53 Å². The number of fused-ring (bicyclic) bond motifs is 2. The molecule has 0 spiro atoms. The van der Waals surface area contributed by atoms with Gasteiger partial charge in [-0.05, 0) is 48.9 Å². The zero-order valence-electron chi connectivity index (χ0n) is 12.9. The maximum Gasteiger partial charge on any atom is 0.249 e. The molecule has 1 aliphatic heterocycles. The van der Waals surface area contributed by atoms with Crippen LogP contribution in [0.2, 0.25) is 0 Å². The predicted octanol–water partition coefficient (Wildman–Crippen LogP) is 1.82. The van der Waals surface area contributed by atoms with Gasteiger partial charge in [-0.1, -0.05) is 20.8 Å². The van der Waals surface area contributed by atoms with Crippen molar-refractivity contribution in [3.63, 3.8) is 0 Å². The van der Waals surface area contributed by atoms with Crippen molar-refractivity contribution in [1.82, 2.24) is 5.32 Å². The maximum atomic E-state index is 12.4. The zero-order chi connectivity index (χ0) is 14.5. The van der Waals surface area contributed by atoms with Gasteiger partial charge in [0.25, 0.3) is 0 Å². The van der Waals surface area contributed by atoms with Crippen molar-refractivity contribution in [2.24, 2.45) is 22.5 Å². The minimum Gasteiger partial charge on any atom is -0.364 e. The fraction of sp³-hybridized carbons (Fsp3) is 0.938. The van der Waals surface area contributed by atoms with E-state index in [2.05, 4.69) is 26.1 Å². The van der Waals surface area contributed by atoms with E-state index in [9.17, 15) is 4.79 Å². The van der Waals surface area contributed by atoms with Gasteiger partial charge < -0.3 is 15.8 Å². The van der Waals surface area contributed by atoms with E-state index in [0.717, 1.165) is 25.2 Å². The molecule has 0 aromatic carbocycles. The highest BCUT2D eigenvalue weighted by Gasteiger charge is 2.61. The van der Waals surface area contributed by atoms with Gasteiger partial charge in [-0.2, -0.15) is 0 Å². The lowest BCUT2D eigenvalue weighted by atomic mass is 9.69. The Kier molecular flexibility index (Phi) is 3.37. The van der Waals surface area contributed by atoms with Gasteiger partial charge in [0.1, 0.15) is 6.10 Å². The summed E-state index contributed by atoms with van der Waals surface area (Å²) in [7, 11) is 0. The van der Waals surface area contributed by atoms with E-state index in [1.54, 1.807) is 0 Å². The standard InChI is InChI=1S/C16H28N2O2/c1-15(2)10-6-7-16(15,3)13(8-10)18-14(19)12-5-4-11(9-17)20-12/h10-13H,4-9,17H2,1-3H3,(H,18,19). The van der Waals surface area contributed by atoms with Crippen LogP contribution in [0.1, 0.15) is 52.9 Å². The quantitative estimate of drug-likeness (QED) is 0.829. The summed E-state index contributed by atoms with van der Waals surface area (Å²) in [5, 5.41) is 3.29. The molecule has 0 aromatic rings. The van der Waals surface area contributed by atoms with Crippen LogP contribution in [-0.4, -0.2) is 30.7 Å². The highest BCUT2D eigenvalue weighted by Crippen LogP contribution is 2.65. The van der Waals surface area contributed by atoms with Gasteiger partial charge in [-0.3, -0.25) is 4.79 Å². The first-order valence-electron chi connectivity index (χ1n) is 8.04. The molecule has 2 bridgehead atoms. The van der Waals surface area contributed by atoms with Crippen LogP contribution in [0.4, 0.5) is 0 Å². The van der Waals surface area contributed by atoms with Crippen molar-refractivity contribution >= 4 is 5.91 Å². The smallest absolute Gasteiger partial charge is 0.249 e. The largest absolute Gasteiger partial charge is 0.364 e. The predicted molar refractivity (Wildman–Crippen MR) is 78.1 cm³/mol. The van der Waals surface area contributed by atoms with Crippen LogP contribution in [0.15, 0.2) is 0 Å². The lowest BCUT2D eigenvalue weighted by molar-refractivity contribution is -0.133. The summed E-state index contributed by atoms with van der Waals surface area (Å²) in [6.45, 7) is 7.60. The minimum absolute atomic E-state index is 0.0674. The van der Waals surface area contributed by atoms with Crippen molar-refractivity contribution in [1.29, 1.82) is 0 Å². The lowest BCUT2D eigenvalue weighted by Crippen LogP contribution is -2.49. The van der Waals surface area contributed by atoms with E-state index >= 15 is 0 Å². The second-order valence-corrected chi connectivity index (χ2v) is 7.73. The molecule has 2 saturated carbocycles. The molecule has 4 nitrogen and oxygen atoms in total. The van der Waals surface area contributed by atoms with Gasteiger partial charge in [0.05, 0.1) is 6.10 Å². The van der Waals surface area contributed by atoms with Crippen molar-refractivity contribution in [2.75, 3.05) is 6.54 Å². The number of nitrogens with two attached hydrogens (primary N) is 1. The fourth-order valence-corrected chi connectivity index (χ4v) is 4.76. The highest BCUT2D eigenvalue weighted by molar-refractivity contribution is 5.81. The molecule has 20 heavy (non-hydrogen) atoms.